The molecule has 0 aliphatic carbocycles. The smallest absolute Gasteiger partial charge is 0.172 e. The summed E-state index contributed by atoms with van der Waals surface area (Å²) < 4.78 is 0. The Labute approximate surface area is 108 Å². The Balaban J connectivity index is 2.50. The molecule has 0 saturated carbocycles. The van der Waals surface area contributed by atoms with Crippen molar-refractivity contribution in [3.8, 4) is 0 Å². The molecule has 3 heteroatoms. The van der Waals surface area contributed by atoms with Gasteiger partial charge in [-0.1, -0.05) is 26.8 Å². The number of ketones is 1. The van der Waals surface area contributed by atoms with Gasteiger partial charge in [-0.3, -0.25) is 4.79 Å². The summed E-state index contributed by atoms with van der Waals surface area (Å²) in [5.41, 5.74) is 5.88. The van der Waals surface area contributed by atoms with Gasteiger partial charge in [-0.2, -0.15) is 0 Å². The Morgan fingerprint density at radius 2 is 2.12 bits per heavy atom. The maximum Gasteiger partial charge on any atom is 0.172 e. The van der Waals surface area contributed by atoms with Crippen molar-refractivity contribution in [1.29, 1.82) is 0 Å². The molecule has 1 atom stereocenters. The van der Waals surface area contributed by atoms with E-state index in [9.17, 15) is 4.79 Å². The molecule has 1 aromatic rings. The van der Waals surface area contributed by atoms with E-state index < -0.39 is 0 Å². The van der Waals surface area contributed by atoms with E-state index in [0.717, 1.165) is 17.7 Å². The van der Waals surface area contributed by atoms with Crippen LogP contribution in [-0.4, -0.2) is 12.3 Å². The van der Waals surface area contributed by atoms with Gasteiger partial charge in [0.25, 0.3) is 0 Å². The van der Waals surface area contributed by atoms with Crippen LogP contribution in [0.4, 0.5) is 0 Å². The minimum absolute atomic E-state index is 0.231. The largest absolute Gasteiger partial charge is 0.330 e. The molecular formula is C14H23NOS. The summed E-state index contributed by atoms with van der Waals surface area (Å²) in [5.74, 6) is 0.794. The SMILES string of the molecule is CC(C)(C)C(CCN)CCC(=O)c1cccs1. The number of Topliss-reactive ketones (excluding diaryl/α,β-unsaturated/α-hetero) is 1. The molecule has 96 valence electrons. The third kappa shape index (κ3) is 4.60. The summed E-state index contributed by atoms with van der Waals surface area (Å²) in [6.45, 7) is 7.38. The van der Waals surface area contributed by atoms with E-state index in [1.54, 1.807) is 0 Å². The van der Waals surface area contributed by atoms with Crippen molar-refractivity contribution >= 4 is 17.1 Å². The van der Waals surface area contributed by atoms with Crippen molar-refractivity contribution < 1.29 is 4.79 Å². The molecule has 1 aromatic heterocycles. The molecule has 0 saturated heterocycles. The molecule has 2 N–H and O–H groups in total. The van der Waals surface area contributed by atoms with Crippen LogP contribution in [0.5, 0.6) is 0 Å². The zero-order chi connectivity index (χ0) is 12.9. The highest BCUT2D eigenvalue weighted by Crippen LogP contribution is 2.32. The highest BCUT2D eigenvalue weighted by Gasteiger charge is 2.24. The zero-order valence-electron chi connectivity index (χ0n) is 11.0. The first-order chi connectivity index (χ1) is 7.95. The summed E-state index contributed by atoms with van der Waals surface area (Å²) in [4.78, 5) is 12.8. The summed E-state index contributed by atoms with van der Waals surface area (Å²) >= 11 is 1.53. The molecule has 0 bridgehead atoms. The molecule has 1 rings (SSSR count). The number of hydrogen-bond donors (Lipinski definition) is 1. The molecule has 0 fully saturated rings. The third-order valence-electron chi connectivity index (χ3n) is 3.26. The van der Waals surface area contributed by atoms with E-state index in [1.807, 2.05) is 17.5 Å². The van der Waals surface area contributed by atoms with E-state index in [0.29, 0.717) is 18.9 Å². The average molecular weight is 253 g/mol. The van der Waals surface area contributed by atoms with Gasteiger partial charge in [0.05, 0.1) is 4.88 Å². The normalized spacial score (nSPS) is 13.6. The van der Waals surface area contributed by atoms with Crippen LogP contribution in [0, 0.1) is 11.3 Å². The Hall–Kier alpha value is -0.670. The van der Waals surface area contributed by atoms with E-state index in [4.69, 9.17) is 5.73 Å². The lowest BCUT2D eigenvalue weighted by Crippen LogP contribution is -2.24. The average Bonchev–Trinajstić information content (AvgIpc) is 2.75. The molecule has 17 heavy (non-hydrogen) atoms. The van der Waals surface area contributed by atoms with Gasteiger partial charge >= 0.3 is 0 Å². The fourth-order valence-corrected chi connectivity index (χ4v) is 2.77. The molecule has 0 amide bonds. The molecular weight excluding hydrogens is 230 g/mol. The minimum atomic E-state index is 0.231. The lowest BCUT2D eigenvalue weighted by Gasteiger charge is -2.30. The molecule has 1 heterocycles. The summed E-state index contributed by atoms with van der Waals surface area (Å²) in [6, 6.07) is 3.83. The Kier molecular flexibility index (Phi) is 5.34. The van der Waals surface area contributed by atoms with Crippen molar-refractivity contribution in [3.05, 3.63) is 22.4 Å². The number of rotatable bonds is 6. The van der Waals surface area contributed by atoms with E-state index in [-0.39, 0.29) is 11.2 Å². The van der Waals surface area contributed by atoms with Crippen molar-refractivity contribution in [2.75, 3.05) is 6.54 Å². The molecule has 0 spiro atoms. The number of hydrogen-bond acceptors (Lipinski definition) is 3. The van der Waals surface area contributed by atoms with Crippen LogP contribution in [0.1, 0.15) is 49.7 Å². The van der Waals surface area contributed by atoms with Gasteiger partial charge in [0.1, 0.15) is 0 Å². The minimum Gasteiger partial charge on any atom is -0.330 e. The number of nitrogens with two attached hydrogens (primary N) is 1. The van der Waals surface area contributed by atoms with Crippen LogP contribution >= 0.6 is 11.3 Å². The molecule has 2 nitrogen and oxygen atoms in total. The predicted octanol–water partition coefficient (Wildman–Crippen LogP) is 3.72. The summed E-state index contributed by atoms with van der Waals surface area (Å²) in [5, 5.41) is 1.95. The monoisotopic (exact) mass is 253 g/mol. The highest BCUT2D eigenvalue weighted by molar-refractivity contribution is 7.12. The molecule has 0 radical (unpaired) electrons. The Bertz CT molecular complexity index is 338. The maximum atomic E-state index is 11.9. The lowest BCUT2D eigenvalue weighted by molar-refractivity contribution is 0.0961. The molecule has 0 aliphatic rings. The van der Waals surface area contributed by atoms with Crippen LogP contribution in [-0.2, 0) is 0 Å². The van der Waals surface area contributed by atoms with Gasteiger partial charge in [-0.25, -0.2) is 0 Å². The van der Waals surface area contributed by atoms with Crippen molar-refractivity contribution in [1.82, 2.24) is 0 Å². The molecule has 1 unspecified atom stereocenters. The van der Waals surface area contributed by atoms with Gasteiger partial charge in [-0.15, -0.1) is 11.3 Å². The van der Waals surface area contributed by atoms with Gasteiger partial charge in [0, 0.05) is 6.42 Å². The summed E-state index contributed by atoms with van der Waals surface area (Å²) in [6.07, 6.45) is 2.58. The van der Waals surface area contributed by atoms with Crippen molar-refractivity contribution in [2.24, 2.45) is 17.1 Å². The first-order valence-corrected chi connectivity index (χ1v) is 7.10. The Morgan fingerprint density at radius 1 is 1.41 bits per heavy atom. The van der Waals surface area contributed by atoms with E-state index in [2.05, 4.69) is 20.8 Å². The second-order valence-corrected chi connectivity index (χ2v) is 6.53. The number of carbonyl (C=O) groups is 1. The first-order valence-electron chi connectivity index (χ1n) is 6.22. The fourth-order valence-electron chi connectivity index (χ4n) is 2.08. The maximum absolute atomic E-state index is 11.9. The van der Waals surface area contributed by atoms with Crippen LogP contribution in [0.25, 0.3) is 0 Å². The van der Waals surface area contributed by atoms with Crippen molar-refractivity contribution in [2.45, 2.75) is 40.0 Å². The van der Waals surface area contributed by atoms with Crippen LogP contribution in [0.2, 0.25) is 0 Å². The first kappa shape index (κ1) is 14.4. The number of thiophene rings is 1. The van der Waals surface area contributed by atoms with E-state index >= 15 is 0 Å². The Morgan fingerprint density at radius 3 is 2.59 bits per heavy atom. The third-order valence-corrected chi connectivity index (χ3v) is 4.17. The second-order valence-electron chi connectivity index (χ2n) is 5.58. The van der Waals surface area contributed by atoms with Crippen LogP contribution in [0.3, 0.4) is 0 Å². The topological polar surface area (TPSA) is 43.1 Å². The lowest BCUT2D eigenvalue weighted by atomic mass is 9.76. The van der Waals surface area contributed by atoms with Gasteiger partial charge in [0.2, 0.25) is 0 Å². The highest BCUT2D eigenvalue weighted by atomic mass is 32.1. The van der Waals surface area contributed by atoms with E-state index in [1.165, 1.54) is 11.3 Å². The molecule has 0 aliphatic heterocycles. The molecule has 0 aromatic carbocycles. The second kappa shape index (κ2) is 6.31. The quantitative estimate of drug-likeness (QED) is 0.785. The van der Waals surface area contributed by atoms with Crippen molar-refractivity contribution in [3.63, 3.8) is 0 Å². The fraction of sp³-hybridized carbons (Fsp3) is 0.643. The predicted molar refractivity (Wildman–Crippen MR) is 74.5 cm³/mol. The van der Waals surface area contributed by atoms with Crippen LogP contribution in [0.15, 0.2) is 17.5 Å². The van der Waals surface area contributed by atoms with Crippen LogP contribution < -0.4 is 5.73 Å². The summed E-state index contributed by atoms with van der Waals surface area (Å²) in [7, 11) is 0. The van der Waals surface area contributed by atoms with Gasteiger partial charge in [0.15, 0.2) is 5.78 Å². The number of carbonyl (C=O) groups excluding carboxylic acids is 1. The zero-order valence-corrected chi connectivity index (χ0v) is 11.8. The standard InChI is InChI=1S/C14H23NOS/c1-14(2,3)11(8-9-15)6-7-12(16)13-5-4-10-17-13/h4-5,10-11H,6-9,15H2,1-3H3. The van der Waals surface area contributed by atoms with Gasteiger partial charge < -0.3 is 5.73 Å². The van der Waals surface area contributed by atoms with Gasteiger partial charge in [-0.05, 0) is 42.2 Å².